The summed E-state index contributed by atoms with van der Waals surface area (Å²) < 4.78 is 49.1. The van der Waals surface area contributed by atoms with Crippen LogP contribution in [0.4, 0.5) is 15.9 Å². The van der Waals surface area contributed by atoms with Crippen LogP contribution in [0.1, 0.15) is 104 Å². The van der Waals surface area contributed by atoms with Gasteiger partial charge in [-0.05, 0) is 108 Å². The Kier molecular flexibility index (Phi) is 24.3. The number of likely N-dealkylation sites (tertiary alicyclic amines) is 1. The molecule has 0 bridgehead atoms. The van der Waals surface area contributed by atoms with Crippen molar-refractivity contribution in [2.45, 2.75) is 141 Å². The lowest BCUT2D eigenvalue weighted by Crippen LogP contribution is -2.49. The third-order valence-electron chi connectivity index (χ3n) is 15.2. The molecule has 1 aromatic heterocycles. The number of nitrogens with one attached hydrogen (secondary N) is 1. The molecule has 18 nitrogen and oxygen atoms in total. The molecule has 2 aromatic carbocycles. The van der Waals surface area contributed by atoms with Crippen LogP contribution in [0.15, 0.2) is 60.5 Å². The van der Waals surface area contributed by atoms with E-state index in [4.69, 9.17) is 40.0 Å². The van der Waals surface area contributed by atoms with Crippen LogP contribution in [0.5, 0.6) is 11.5 Å². The number of Topliss-reactive ketones (excluding diaryl/α,β-unsaturated/α-hetero) is 2. The quantitative estimate of drug-likeness (QED) is 0.0279. The van der Waals surface area contributed by atoms with Crippen molar-refractivity contribution in [2.75, 3.05) is 79.1 Å². The van der Waals surface area contributed by atoms with Crippen molar-refractivity contribution in [1.29, 1.82) is 0 Å². The van der Waals surface area contributed by atoms with Gasteiger partial charge in [0.25, 0.3) is 12.4 Å². The minimum absolute atomic E-state index is 0.00685. The van der Waals surface area contributed by atoms with Crippen molar-refractivity contribution in [3.63, 3.8) is 0 Å². The second kappa shape index (κ2) is 30.7. The molecule has 0 spiro atoms. The summed E-state index contributed by atoms with van der Waals surface area (Å²) >= 11 is 6.01. The van der Waals surface area contributed by atoms with Gasteiger partial charge in [-0.1, -0.05) is 36.8 Å². The van der Waals surface area contributed by atoms with E-state index >= 15 is 0 Å². The smallest absolute Gasteiger partial charge is 0.293 e. The van der Waals surface area contributed by atoms with Crippen molar-refractivity contribution >= 4 is 63.9 Å². The van der Waals surface area contributed by atoms with Crippen LogP contribution in [-0.4, -0.2) is 170 Å². The van der Waals surface area contributed by atoms with Crippen LogP contribution in [0, 0.1) is 17.7 Å². The summed E-state index contributed by atoms with van der Waals surface area (Å²) in [6.07, 6.45) is 6.55. The number of hydrogen-bond acceptors (Lipinski definition) is 16. The van der Waals surface area contributed by atoms with Crippen LogP contribution >= 0.6 is 11.6 Å². The van der Waals surface area contributed by atoms with Crippen LogP contribution in [0.25, 0.3) is 10.9 Å². The fourth-order valence-electron chi connectivity index (χ4n) is 10.7. The molecule has 0 radical (unpaired) electrons. The number of rotatable bonds is 30. The molecule has 1 unspecified atom stereocenters. The van der Waals surface area contributed by atoms with Gasteiger partial charge in [0.2, 0.25) is 11.7 Å². The van der Waals surface area contributed by atoms with Gasteiger partial charge in [-0.3, -0.25) is 28.9 Å². The lowest BCUT2D eigenvalue weighted by Gasteiger charge is -2.36. The zero-order chi connectivity index (χ0) is 56.3. The van der Waals surface area contributed by atoms with Gasteiger partial charge in [0.05, 0.1) is 48.7 Å². The fraction of sp³-hybridized carbons (Fsp3) is 0.603. The number of aliphatic hydroxyl groups excluding tert-OH is 1. The number of benzene rings is 2. The van der Waals surface area contributed by atoms with Gasteiger partial charge in [-0.2, -0.15) is 0 Å². The molecular formula is C58H80ClFN6O12. The second-order valence-electron chi connectivity index (χ2n) is 20.9. The number of anilines is 2. The maximum absolute atomic E-state index is 14.1. The number of ketones is 2. The van der Waals surface area contributed by atoms with Gasteiger partial charge in [-0.25, -0.2) is 14.4 Å². The first-order valence-corrected chi connectivity index (χ1v) is 27.8. The molecule has 3 fully saturated rings. The molecule has 0 saturated carbocycles. The molecule has 3 aliphatic rings. The molecule has 2 amide bonds. The zero-order valence-corrected chi connectivity index (χ0v) is 47.0. The highest BCUT2D eigenvalue weighted by molar-refractivity contribution is 6.37. The molecule has 3 saturated heterocycles. The maximum atomic E-state index is 14.1. The van der Waals surface area contributed by atoms with Crippen molar-refractivity contribution in [2.24, 2.45) is 11.8 Å². The molecule has 6 rings (SSSR count). The second-order valence-corrected chi connectivity index (χ2v) is 21.3. The van der Waals surface area contributed by atoms with Crippen LogP contribution in [0.2, 0.25) is 5.02 Å². The number of methoxy groups -OCH3 is 3. The summed E-state index contributed by atoms with van der Waals surface area (Å²) in [5.74, 6) is -1.40. The Morgan fingerprint density at radius 2 is 1.69 bits per heavy atom. The Morgan fingerprint density at radius 3 is 2.37 bits per heavy atom. The number of hydrogen-bond donors (Lipinski definition) is 2. The highest BCUT2D eigenvalue weighted by Gasteiger charge is 2.38. The number of piperazine rings is 1. The third-order valence-corrected chi connectivity index (χ3v) is 15.5. The lowest BCUT2D eigenvalue weighted by atomic mass is 9.85. The average molecular weight is 1110 g/mol. The number of aromatic nitrogens is 2. The predicted octanol–water partition coefficient (Wildman–Crippen LogP) is 8.22. The summed E-state index contributed by atoms with van der Waals surface area (Å²) in [6, 6.07) is 7.91. The predicted molar refractivity (Wildman–Crippen MR) is 294 cm³/mol. The molecule has 3 aliphatic heterocycles. The molecule has 20 heteroatoms. The van der Waals surface area contributed by atoms with Gasteiger partial charge in [0.1, 0.15) is 36.0 Å². The van der Waals surface area contributed by atoms with E-state index in [-0.39, 0.29) is 35.7 Å². The summed E-state index contributed by atoms with van der Waals surface area (Å²) in [5, 5.41) is 15.1. The molecular weight excluding hydrogens is 1030 g/mol. The Labute approximate surface area is 463 Å². The van der Waals surface area contributed by atoms with Gasteiger partial charge in [0.15, 0.2) is 11.5 Å². The molecule has 3 aromatic rings. The maximum Gasteiger partial charge on any atom is 0.293 e. The Hall–Kier alpha value is -5.57. The lowest BCUT2D eigenvalue weighted by molar-refractivity contribution is -0.164. The highest BCUT2D eigenvalue weighted by atomic mass is 35.5. The van der Waals surface area contributed by atoms with Crippen LogP contribution in [-0.2, 0) is 42.9 Å². The largest absolute Gasteiger partial charge is 0.493 e. The minimum atomic E-state index is -1.13. The van der Waals surface area contributed by atoms with Gasteiger partial charge in [-0.15, -0.1) is 0 Å². The first-order chi connectivity index (χ1) is 37.5. The molecule has 4 heterocycles. The van der Waals surface area contributed by atoms with E-state index in [9.17, 15) is 33.5 Å². The average Bonchev–Trinajstić information content (AvgIpc) is 3.45. The summed E-state index contributed by atoms with van der Waals surface area (Å²) in [5.41, 5.74) is 2.61. The number of amides is 2. The normalized spacial score (nSPS) is 19.7. The van der Waals surface area contributed by atoms with E-state index in [1.165, 1.54) is 18.5 Å². The third kappa shape index (κ3) is 17.5. The van der Waals surface area contributed by atoms with Gasteiger partial charge < -0.3 is 48.6 Å². The van der Waals surface area contributed by atoms with E-state index in [1.54, 1.807) is 52.2 Å². The topological polar surface area (TPSA) is 208 Å². The Bertz CT molecular complexity index is 2540. The number of ether oxygens (including phenoxy) is 6. The molecule has 0 aliphatic carbocycles. The van der Waals surface area contributed by atoms with E-state index in [1.807, 2.05) is 24.0 Å². The van der Waals surface area contributed by atoms with E-state index in [2.05, 4.69) is 26.8 Å². The first kappa shape index (κ1) is 61.6. The van der Waals surface area contributed by atoms with Gasteiger partial charge >= 0.3 is 0 Å². The number of allylic oxidation sites excluding steroid dienone is 1. The van der Waals surface area contributed by atoms with E-state index in [0.29, 0.717) is 143 Å². The number of fused-ring (bicyclic) bond motifs is 1. The first-order valence-electron chi connectivity index (χ1n) is 27.4. The minimum Gasteiger partial charge on any atom is -0.493 e. The molecule has 2 N–H and O–H groups in total. The van der Waals surface area contributed by atoms with Crippen LogP contribution in [0.3, 0.4) is 0 Å². The highest BCUT2D eigenvalue weighted by Crippen LogP contribution is 2.36. The number of halogens is 2. The van der Waals surface area contributed by atoms with Crippen molar-refractivity contribution in [3.05, 3.63) is 71.3 Å². The number of carbonyl (C=O) groups excluding carboxylic acids is 5. The van der Waals surface area contributed by atoms with E-state index in [0.717, 1.165) is 31.4 Å². The summed E-state index contributed by atoms with van der Waals surface area (Å²) in [4.78, 5) is 80.1. The zero-order valence-electron chi connectivity index (χ0n) is 46.2. The van der Waals surface area contributed by atoms with Crippen molar-refractivity contribution < 1.29 is 61.9 Å². The Balaban J connectivity index is 1.01. The molecule has 428 valence electrons. The SMILES string of the molecule is C=C(C)[C@@H](OC=O)[C@H](C)[C@@H](O)CC(=O)[C@@H](/C=C(\C)C[C@@H](C[C@H](OC)[C@@H]1CCCC(C(=O)C(=O)N2CCCCC2)O1)OC)CCCC(=O)N1CCN(CCCOc2cc3c(Nc4ccc(F)c(Cl)c4)ncnc3cc2OC)CC1. The van der Waals surface area contributed by atoms with Crippen molar-refractivity contribution in [3.8, 4) is 11.5 Å². The number of piperidine rings is 1. The van der Waals surface area contributed by atoms with Crippen molar-refractivity contribution in [1.82, 2.24) is 24.7 Å². The number of nitrogens with zero attached hydrogens (tertiary/aromatic N) is 5. The standard InChI is InChI=1S/C58H80ClFN6O12/c1-37(2)56(77-36-67)39(4)47(68)34-48(69)40(28-38(3)29-42(73-5)31-51(74-6)49-15-12-16-50(78-49)55(71)58(72)66-21-9-8-10-22-66)14-11-17-54(70)65-25-23-64(24-26-65)20-13-27-76-53-32-43-46(33-52(53)75-7)61-35-62-57(43)63-41-18-19-45(60)44(59)30-41/h18-19,28,30,32-33,35-36,39-40,42,47,49-51,56,68H,1,8-17,20-27,29,31,34H2,2-7H3,(H,61,62,63)/b38-28+/t39-,40-,42+,47+,49+,50?,51+,56-/m1/s1. The monoisotopic (exact) mass is 1110 g/mol. The summed E-state index contributed by atoms with van der Waals surface area (Å²) in [7, 11) is 4.77. The molecule has 8 atom stereocenters. The fourth-order valence-corrected chi connectivity index (χ4v) is 10.9. The number of carbonyl (C=O) groups is 5. The number of aliphatic hydroxyl groups is 1. The van der Waals surface area contributed by atoms with E-state index < -0.39 is 59.9 Å². The molecule has 78 heavy (non-hydrogen) atoms. The van der Waals surface area contributed by atoms with Gasteiger partial charge in [0, 0.05) is 108 Å². The Morgan fingerprint density at radius 1 is 0.936 bits per heavy atom. The van der Waals surface area contributed by atoms with Crippen LogP contribution < -0.4 is 14.8 Å². The summed E-state index contributed by atoms with van der Waals surface area (Å²) in [6.45, 7) is 14.4.